The van der Waals surface area contributed by atoms with Gasteiger partial charge in [-0.2, -0.15) is 0 Å². The number of hydrogen-bond acceptors (Lipinski definition) is 5. The molecule has 1 fully saturated rings. The summed E-state index contributed by atoms with van der Waals surface area (Å²) < 4.78 is 22.1. The van der Waals surface area contributed by atoms with Gasteiger partial charge in [0.2, 0.25) is 6.79 Å². The van der Waals surface area contributed by atoms with Crippen molar-refractivity contribution >= 4 is 29.9 Å². The molecule has 2 aliphatic heterocycles. The van der Waals surface area contributed by atoms with E-state index in [4.69, 9.17) is 23.9 Å². The molecule has 1 aromatic carbocycles. The number of ether oxygens (including phenoxy) is 4. The van der Waals surface area contributed by atoms with Gasteiger partial charge in [0.05, 0.1) is 0 Å². The van der Waals surface area contributed by atoms with Crippen LogP contribution in [0.3, 0.4) is 0 Å². The van der Waals surface area contributed by atoms with Crippen LogP contribution in [0.2, 0.25) is 0 Å². The summed E-state index contributed by atoms with van der Waals surface area (Å²) in [7, 11) is 2.05. The molecular weight excluding hydrogens is 485 g/mol. The minimum Gasteiger partial charge on any atom is -0.454 e. The molecule has 29 heavy (non-hydrogen) atoms. The fourth-order valence-corrected chi connectivity index (χ4v) is 3.37. The summed E-state index contributed by atoms with van der Waals surface area (Å²) in [5, 5.41) is 3.36. The van der Waals surface area contributed by atoms with Crippen LogP contribution in [0.25, 0.3) is 0 Å². The van der Waals surface area contributed by atoms with E-state index >= 15 is 0 Å². The van der Waals surface area contributed by atoms with Gasteiger partial charge in [0.25, 0.3) is 0 Å². The summed E-state index contributed by atoms with van der Waals surface area (Å²) in [5.74, 6) is 3.19. The molecule has 2 heterocycles. The maximum atomic E-state index is 5.83. The second-order valence-corrected chi connectivity index (χ2v) is 7.26. The Hall–Kier alpha value is -1.26. The van der Waals surface area contributed by atoms with E-state index in [1.54, 1.807) is 0 Å². The molecule has 164 valence electrons. The molecule has 0 bridgehead atoms. The van der Waals surface area contributed by atoms with Crippen LogP contribution in [-0.2, 0) is 16.0 Å². The topological polar surface area (TPSA) is 64.6 Å². The molecule has 0 spiro atoms. The molecule has 1 aromatic rings. The largest absolute Gasteiger partial charge is 0.454 e. The molecule has 7 nitrogen and oxygen atoms in total. The molecule has 0 aliphatic carbocycles. The molecule has 2 aliphatic rings. The normalized spacial score (nSPS) is 16.4. The van der Waals surface area contributed by atoms with Crippen molar-refractivity contribution in [2.45, 2.75) is 32.7 Å². The molecule has 8 heteroatoms. The van der Waals surface area contributed by atoms with Gasteiger partial charge in [0.1, 0.15) is 0 Å². The van der Waals surface area contributed by atoms with Gasteiger partial charge in [0.15, 0.2) is 17.5 Å². The van der Waals surface area contributed by atoms with E-state index in [1.807, 2.05) is 19.2 Å². The van der Waals surface area contributed by atoms with Crippen molar-refractivity contribution in [1.82, 2.24) is 10.2 Å². The third-order valence-corrected chi connectivity index (χ3v) is 4.96. The Morgan fingerprint density at radius 3 is 2.83 bits per heavy atom. The number of rotatable bonds is 9. The Morgan fingerprint density at radius 2 is 2.03 bits per heavy atom. The van der Waals surface area contributed by atoms with Crippen molar-refractivity contribution in [1.29, 1.82) is 0 Å². The van der Waals surface area contributed by atoms with Crippen molar-refractivity contribution in [3.63, 3.8) is 0 Å². The molecule has 0 radical (unpaired) electrons. The molecule has 1 saturated heterocycles. The van der Waals surface area contributed by atoms with Gasteiger partial charge in [-0.25, -0.2) is 0 Å². The molecule has 0 aromatic heterocycles. The standard InChI is InChI=1S/C21H33N3O4.HI/c1-3-22-21(23-9-4-10-26-15-17-7-11-25-12-8-17)24(2)14-18-5-6-19-20(13-18)28-16-27-19;/h5-6,13,17H,3-4,7-12,14-16H2,1-2H3,(H,22,23);1H. The molecule has 0 unspecified atom stereocenters. The van der Waals surface area contributed by atoms with Crippen molar-refractivity contribution < 1.29 is 18.9 Å². The van der Waals surface area contributed by atoms with Crippen LogP contribution in [0.15, 0.2) is 23.2 Å². The fraction of sp³-hybridized carbons (Fsp3) is 0.667. The highest BCUT2D eigenvalue weighted by atomic mass is 127. The van der Waals surface area contributed by atoms with Crippen molar-refractivity contribution in [3.8, 4) is 11.5 Å². The first-order valence-corrected chi connectivity index (χ1v) is 10.3. The van der Waals surface area contributed by atoms with Crippen LogP contribution in [0, 0.1) is 5.92 Å². The van der Waals surface area contributed by atoms with Crippen molar-refractivity contribution in [2.24, 2.45) is 10.9 Å². The third kappa shape index (κ3) is 7.82. The van der Waals surface area contributed by atoms with Gasteiger partial charge in [-0.1, -0.05) is 6.07 Å². The zero-order chi connectivity index (χ0) is 19.6. The lowest BCUT2D eigenvalue weighted by Gasteiger charge is -2.22. The van der Waals surface area contributed by atoms with E-state index in [-0.39, 0.29) is 24.0 Å². The fourth-order valence-electron chi connectivity index (χ4n) is 3.37. The van der Waals surface area contributed by atoms with Gasteiger partial charge in [-0.3, -0.25) is 4.99 Å². The first kappa shape index (κ1) is 24.0. The van der Waals surface area contributed by atoms with E-state index in [2.05, 4.69) is 23.2 Å². The van der Waals surface area contributed by atoms with Crippen LogP contribution in [0.1, 0.15) is 31.7 Å². The number of fused-ring (bicyclic) bond motifs is 1. The van der Waals surface area contributed by atoms with Gasteiger partial charge in [-0.05, 0) is 49.8 Å². The van der Waals surface area contributed by atoms with Crippen LogP contribution in [-0.4, -0.2) is 64.2 Å². The first-order valence-electron chi connectivity index (χ1n) is 10.3. The average Bonchev–Trinajstić information content (AvgIpc) is 3.18. The number of halogens is 1. The molecular formula is C21H34IN3O4. The number of hydrogen-bond donors (Lipinski definition) is 1. The minimum atomic E-state index is 0. The Kier molecular flexibility index (Phi) is 10.9. The first-order chi connectivity index (χ1) is 13.8. The predicted octanol–water partition coefficient (Wildman–Crippen LogP) is 3.26. The zero-order valence-corrected chi connectivity index (χ0v) is 19.9. The van der Waals surface area contributed by atoms with Crippen LogP contribution in [0.5, 0.6) is 11.5 Å². The van der Waals surface area contributed by atoms with Crippen molar-refractivity contribution in [2.75, 3.05) is 53.4 Å². The summed E-state index contributed by atoms with van der Waals surface area (Å²) in [5.41, 5.74) is 1.16. The lowest BCUT2D eigenvalue weighted by molar-refractivity contribution is 0.0205. The number of benzene rings is 1. The Morgan fingerprint density at radius 1 is 1.24 bits per heavy atom. The Labute approximate surface area is 191 Å². The summed E-state index contributed by atoms with van der Waals surface area (Å²) >= 11 is 0. The molecule has 0 atom stereocenters. The number of aliphatic imine (C=N–C) groups is 1. The molecule has 0 saturated carbocycles. The predicted molar refractivity (Wildman–Crippen MR) is 124 cm³/mol. The van der Waals surface area contributed by atoms with E-state index in [0.29, 0.717) is 12.7 Å². The highest BCUT2D eigenvalue weighted by Crippen LogP contribution is 2.32. The van der Waals surface area contributed by atoms with Gasteiger partial charge in [-0.15, -0.1) is 24.0 Å². The third-order valence-electron chi connectivity index (χ3n) is 4.96. The number of guanidine groups is 1. The monoisotopic (exact) mass is 519 g/mol. The summed E-state index contributed by atoms with van der Waals surface area (Å²) in [6.07, 6.45) is 3.16. The molecule has 3 rings (SSSR count). The summed E-state index contributed by atoms with van der Waals surface area (Å²) in [4.78, 5) is 6.87. The zero-order valence-electron chi connectivity index (χ0n) is 17.5. The van der Waals surface area contributed by atoms with Gasteiger partial charge >= 0.3 is 0 Å². The van der Waals surface area contributed by atoms with Gasteiger partial charge in [0, 0.05) is 53.1 Å². The SMILES string of the molecule is CCNC(=NCCCOCC1CCOCC1)N(C)Cc1ccc2c(c1)OCO2.I. The van der Waals surface area contributed by atoms with E-state index in [0.717, 1.165) is 88.3 Å². The number of nitrogens with zero attached hydrogens (tertiary/aromatic N) is 2. The Balaban J connectivity index is 0.00000300. The quantitative estimate of drug-likeness (QED) is 0.234. The molecule has 1 N–H and O–H groups in total. The average molecular weight is 519 g/mol. The smallest absolute Gasteiger partial charge is 0.231 e. The van der Waals surface area contributed by atoms with Crippen LogP contribution < -0.4 is 14.8 Å². The molecule has 0 amide bonds. The van der Waals surface area contributed by atoms with E-state index in [9.17, 15) is 0 Å². The highest BCUT2D eigenvalue weighted by molar-refractivity contribution is 14.0. The van der Waals surface area contributed by atoms with Crippen LogP contribution in [0.4, 0.5) is 0 Å². The highest BCUT2D eigenvalue weighted by Gasteiger charge is 2.15. The maximum absolute atomic E-state index is 5.83. The number of nitrogens with one attached hydrogen (secondary N) is 1. The lowest BCUT2D eigenvalue weighted by atomic mass is 10.0. The second-order valence-electron chi connectivity index (χ2n) is 7.26. The van der Waals surface area contributed by atoms with Gasteiger partial charge < -0.3 is 29.2 Å². The van der Waals surface area contributed by atoms with Crippen molar-refractivity contribution in [3.05, 3.63) is 23.8 Å². The van der Waals surface area contributed by atoms with Crippen LogP contribution >= 0.6 is 24.0 Å². The van der Waals surface area contributed by atoms with E-state index < -0.39 is 0 Å². The van der Waals surface area contributed by atoms with E-state index in [1.165, 1.54) is 0 Å². The minimum absolute atomic E-state index is 0. The maximum Gasteiger partial charge on any atom is 0.231 e. The lowest BCUT2D eigenvalue weighted by Crippen LogP contribution is -2.38. The Bertz CT molecular complexity index is 638. The second kappa shape index (κ2) is 13.1. The summed E-state index contributed by atoms with van der Waals surface area (Å²) in [6.45, 7) is 8.08. The summed E-state index contributed by atoms with van der Waals surface area (Å²) in [6, 6.07) is 6.07.